The van der Waals surface area contributed by atoms with Crippen LogP contribution < -0.4 is 5.32 Å². The lowest BCUT2D eigenvalue weighted by Gasteiger charge is -2.20. The van der Waals surface area contributed by atoms with Crippen molar-refractivity contribution in [2.45, 2.75) is 38.5 Å². The van der Waals surface area contributed by atoms with Gasteiger partial charge in [-0.1, -0.05) is 19.3 Å². The fraction of sp³-hybridized carbons (Fsp3) is 0.233. The Morgan fingerprint density at radius 3 is 2.72 bits per heavy atom. The zero-order valence-electron chi connectivity index (χ0n) is 21.3. The molecule has 0 aliphatic heterocycles. The first-order chi connectivity index (χ1) is 19.2. The number of nitrogens with one attached hydrogen (secondary N) is 3. The van der Waals surface area contributed by atoms with E-state index in [2.05, 4.69) is 41.5 Å². The van der Waals surface area contributed by atoms with Crippen molar-refractivity contribution in [2.75, 3.05) is 5.32 Å². The quantitative estimate of drug-likeness (QED) is 0.225. The van der Waals surface area contributed by atoms with Crippen molar-refractivity contribution in [1.82, 2.24) is 30.1 Å². The van der Waals surface area contributed by atoms with Crippen LogP contribution in [0.2, 0.25) is 0 Å². The van der Waals surface area contributed by atoms with Crippen molar-refractivity contribution >= 4 is 33.4 Å². The number of H-pyrrole nitrogens is 2. The van der Waals surface area contributed by atoms with E-state index in [-0.39, 0.29) is 5.91 Å². The Bertz CT molecular complexity index is 1780. The number of pyridine rings is 3. The second kappa shape index (κ2) is 9.83. The molecular weight excluding hydrogens is 490 g/mol. The van der Waals surface area contributed by atoms with E-state index < -0.39 is 0 Å². The molecule has 1 amide bonds. The van der Waals surface area contributed by atoms with Gasteiger partial charge in [-0.3, -0.25) is 24.8 Å². The third-order valence-corrected chi connectivity index (χ3v) is 7.60. The van der Waals surface area contributed by atoms with E-state index in [1.54, 1.807) is 31.1 Å². The van der Waals surface area contributed by atoms with Gasteiger partial charge in [0, 0.05) is 46.3 Å². The Morgan fingerprint density at radius 1 is 0.949 bits per heavy atom. The van der Waals surface area contributed by atoms with Gasteiger partial charge in [0.05, 0.1) is 59.2 Å². The molecule has 0 saturated heterocycles. The predicted octanol–water partition coefficient (Wildman–Crippen LogP) is 6.73. The molecule has 0 spiro atoms. The first kappa shape index (κ1) is 23.3. The average molecular weight is 518 g/mol. The van der Waals surface area contributed by atoms with E-state index in [0.717, 1.165) is 68.4 Å². The predicted molar refractivity (Wildman–Crippen MR) is 150 cm³/mol. The highest BCUT2D eigenvalue weighted by atomic mass is 16.3. The molecule has 39 heavy (non-hydrogen) atoms. The summed E-state index contributed by atoms with van der Waals surface area (Å²) in [6.07, 6.45) is 18.8. The van der Waals surface area contributed by atoms with E-state index in [4.69, 9.17) is 4.42 Å². The van der Waals surface area contributed by atoms with Gasteiger partial charge in [-0.05, 0) is 43.0 Å². The van der Waals surface area contributed by atoms with E-state index in [1.165, 1.54) is 19.3 Å². The number of rotatable bonds is 6. The molecule has 0 unspecified atom stereocenters. The fourth-order valence-electron chi connectivity index (χ4n) is 5.62. The largest absolute Gasteiger partial charge is 0.472 e. The summed E-state index contributed by atoms with van der Waals surface area (Å²) in [7, 11) is 0. The van der Waals surface area contributed by atoms with Gasteiger partial charge in [0.2, 0.25) is 5.91 Å². The Hall–Kier alpha value is -4.79. The maximum absolute atomic E-state index is 12.7. The number of fused-ring (bicyclic) bond motifs is 2. The molecular formula is C30H27N7O2. The summed E-state index contributed by atoms with van der Waals surface area (Å²) >= 11 is 0. The second-order valence-electron chi connectivity index (χ2n) is 10.2. The van der Waals surface area contributed by atoms with Gasteiger partial charge in [0.25, 0.3) is 0 Å². The Balaban J connectivity index is 1.19. The van der Waals surface area contributed by atoms with Crippen LogP contribution in [0, 0.1) is 5.92 Å². The molecule has 1 aliphatic carbocycles. The first-order valence-electron chi connectivity index (χ1n) is 13.3. The van der Waals surface area contributed by atoms with E-state index >= 15 is 0 Å². The Morgan fingerprint density at radius 2 is 1.85 bits per heavy atom. The Kier molecular flexibility index (Phi) is 5.88. The van der Waals surface area contributed by atoms with E-state index in [1.807, 2.05) is 30.6 Å². The van der Waals surface area contributed by atoms with Crippen LogP contribution in [0.1, 0.15) is 38.5 Å². The normalized spacial score (nSPS) is 14.3. The summed E-state index contributed by atoms with van der Waals surface area (Å²) in [5.74, 6) is 0.527. The molecule has 3 N–H and O–H groups in total. The number of furan rings is 1. The topological polar surface area (TPSA) is 125 Å². The number of aromatic amines is 2. The molecule has 0 atom stereocenters. The highest BCUT2D eigenvalue weighted by molar-refractivity contribution is 6.01. The molecule has 0 radical (unpaired) electrons. The SMILES string of the molecule is O=C(CC1CCCCC1)Nc1cncc(-c2cc3c(-c4cc5c(-c6ccoc6)cncc5[nH]4)n[nH]c3cn2)c1. The van der Waals surface area contributed by atoms with Crippen LogP contribution in [0.5, 0.6) is 0 Å². The number of carbonyl (C=O) groups excluding carboxylic acids is 1. The van der Waals surface area contributed by atoms with Gasteiger partial charge in [0.15, 0.2) is 0 Å². The fourth-order valence-corrected chi connectivity index (χ4v) is 5.62. The standard InChI is InChI=1S/C30H27N7O2/c38-29(8-18-4-2-1-3-5-18)34-21-9-20(12-31-13-21)25-11-23-28(16-33-25)36-37-30(23)26-10-22-24(19-6-7-39-17-19)14-32-15-27(22)35-26/h6-7,9-18,35H,1-5,8H2,(H,34,38)(H,36,37). The number of anilines is 1. The van der Waals surface area contributed by atoms with Crippen LogP contribution in [0.4, 0.5) is 5.69 Å². The van der Waals surface area contributed by atoms with Gasteiger partial charge in [-0.25, -0.2) is 0 Å². The van der Waals surface area contributed by atoms with Crippen molar-refractivity contribution < 1.29 is 9.21 Å². The molecule has 9 heteroatoms. The van der Waals surface area contributed by atoms with Crippen LogP contribution in [0.15, 0.2) is 72.2 Å². The van der Waals surface area contributed by atoms with Crippen LogP contribution in [0.3, 0.4) is 0 Å². The summed E-state index contributed by atoms with van der Waals surface area (Å²) in [5, 5.41) is 12.7. The van der Waals surface area contributed by atoms with Crippen molar-refractivity contribution in [3.8, 4) is 33.8 Å². The van der Waals surface area contributed by atoms with Gasteiger partial charge >= 0.3 is 0 Å². The number of carbonyl (C=O) groups is 1. The number of aromatic nitrogens is 6. The molecule has 6 aromatic rings. The van der Waals surface area contributed by atoms with Gasteiger partial charge < -0.3 is 14.7 Å². The summed E-state index contributed by atoms with van der Waals surface area (Å²) in [5.41, 5.74) is 7.59. The van der Waals surface area contributed by atoms with Crippen molar-refractivity contribution in [3.05, 3.63) is 67.8 Å². The monoisotopic (exact) mass is 517 g/mol. The molecule has 6 aromatic heterocycles. The highest BCUT2D eigenvalue weighted by Crippen LogP contribution is 2.34. The zero-order valence-corrected chi connectivity index (χ0v) is 21.3. The molecule has 0 aromatic carbocycles. The summed E-state index contributed by atoms with van der Waals surface area (Å²) < 4.78 is 5.28. The third kappa shape index (κ3) is 4.56. The maximum atomic E-state index is 12.7. The molecule has 9 nitrogen and oxygen atoms in total. The third-order valence-electron chi connectivity index (χ3n) is 7.60. The minimum Gasteiger partial charge on any atom is -0.472 e. The van der Waals surface area contributed by atoms with Gasteiger partial charge in [-0.15, -0.1) is 0 Å². The lowest BCUT2D eigenvalue weighted by Crippen LogP contribution is -2.18. The molecule has 194 valence electrons. The molecule has 1 aliphatic rings. The minimum absolute atomic E-state index is 0.0458. The van der Waals surface area contributed by atoms with Gasteiger partial charge in [-0.2, -0.15) is 5.10 Å². The van der Waals surface area contributed by atoms with Crippen LogP contribution >= 0.6 is 0 Å². The van der Waals surface area contributed by atoms with E-state index in [0.29, 0.717) is 18.0 Å². The van der Waals surface area contributed by atoms with Crippen LogP contribution in [-0.4, -0.2) is 36.0 Å². The average Bonchev–Trinajstić information content (AvgIpc) is 3.73. The lowest BCUT2D eigenvalue weighted by molar-refractivity contribution is -0.117. The van der Waals surface area contributed by atoms with E-state index in [9.17, 15) is 4.79 Å². The summed E-state index contributed by atoms with van der Waals surface area (Å²) in [6, 6.07) is 7.93. The number of amides is 1. The van der Waals surface area contributed by atoms with Crippen LogP contribution in [0.25, 0.3) is 55.6 Å². The molecule has 6 heterocycles. The molecule has 1 fully saturated rings. The smallest absolute Gasteiger partial charge is 0.224 e. The maximum Gasteiger partial charge on any atom is 0.224 e. The highest BCUT2D eigenvalue weighted by Gasteiger charge is 2.18. The lowest BCUT2D eigenvalue weighted by atomic mass is 9.87. The summed E-state index contributed by atoms with van der Waals surface area (Å²) in [4.78, 5) is 29.5. The van der Waals surface area contributed by atoms with Gasteiger partial charge in [0.1, 0.15) is 5.69 Å². The summed E-state index contributed by atoms with van der Waals surface area (Å²) in [6.45, 7) is 0. The number of nitrogens with zero attached hydrogens (tertiary/aromatic N) is 4. The first-order valence-corrected chi connectivity index (χ1v) is 13.3. The molecule has 7 rings (SSSR count). The van der Waals surface area contributed by atoms with Crippen molar-refractivity contribution in [1.29, 1.82) is 0 Å². The molecule has 0 bridgehead atoms. The van der Waals surface area contributed by atoms with Crippen molar-refractivity contribution in [3.63, 3.8) is 0 Å². The van der Waals surface area contributed by atoms with Crippen molar-refractivity contribution in [2.24, 2.45) is 5.92 Å². The number of hydrogen-bond donors (Lipinski definition) is 3. The Labute approximate surface area is 224 Å². The van der Waals surface area contributed by atoms with Crippen LogP contribution in [-0.2, 0) is 4.79 Å². The molecule has 1 saturated carbocycles. The zero-order chi connectivity index (χ0) is 26.2. The second-order valence-corrected chi connectivity index (χ2v) is 10.2. The minimum atomic E-state index is 0.0458. The number of hydrogen-bond acceptors (Lipinski definition) is 6.